The molecule has 0 heterocycles. The largest absolute Gasteiger partial charge is 0.396 e. The Labute approximate surface area is 127 Å². The second-order valence-electron chi connectivity index (χ2n) is 6.08. The lowest BCUT2D eigenvalue weighted by atomic mass is 9.86. The summed E-state index contributed by atoms with van der Waals surface area (Å²) in [6, 6.07) is 4.14. The van der Waals surface area contributed by atoms with Gasteiger partial charge in [0.2, 0.25) is 0 Å². The molecule has 1 fully saturated rings. The van der Waals surface area contributed by atoms with E-state index < -0.39 is 0 Å². The minimum absolute atomic E-state index is 0.0727. The molecule has 2 N–H and O–H groups in total. The third-order valence-corrected chi connectivity index (χ3v) is 5.51. The summed E-state index contributed by atoms with van der Waals surface area (Å²) in [6.45, 7) is 0.315. The third kappa shape index (κ3) is 2.78. The SMILES string of the molecule is OCC1CCC(NC2CCc3c(F)ccc(Br)c32)CC1. The van der Waals surface area contributed by atoms with Gasteiger partial charge < -0.3 is 10.4 Å². The van der Waals surface area contributed by atoms with Crippen molar-refractivity contribution in [3.63, 3.8) is 0 Å². The fourth-order valence-electron chi connectivity index (χ4n) is 3.64. The van der Waals surface area contributed by atoms with Gasteiger partial charge in [-0.15, -0.1) is 0 Å². The molecule has 1 unspecified atom stereocenters. The Kier molecular flexibility index (Phi) is 4.43. The molecule has 1 saturated carbocycles. The van der Waals surface area contributed by atoms with Crippen LogP contribution >= 0.6 is 15.9 Å². The van der Waals surface area contributed by atoms with Gasteiger partial charge >= 0.3 is 0 Å². The summed E-state index contributed by atoms with van der Waals surface area (Å²) in [5.41, 5.74) is 2.00. The normalized spacial score (nSPS) is 29.4. The van der Waals surface area contributed by atoms with E-state index >= 15 is 0 Å². The molecule has 2 aliphatic rings. The maximum Gasteiger partial charge on any atom is 0.126 e. The van der Waals surface area contributed by atoms with Gasteiger partial charge in [0.25, 0.3) is 0 Å². The number of hydrogen-bond acceptors (Lipinski definition) is 2. The summed E-state index contributed by atoms with van der Waals surface area (Å²) >= 11 is 3.57. The van der Waals surface area contributed by atoms with E-state index in [9.17, 15) is 9.50 Å². The number of hydrogen-bond donors (Lipinski definition) is 2. The average Bonchev–Trinajstić information content (AvgIpc) is 2.89. The predicted octanol–water partition coefficient (Wildman–Crippen LogP) is 3.72. The second-order valence-corrected chi connectivity index (χ2v) is 6.93. The van der Waals surface area contributed by atoms with E-state index in [2.05, 4.69) is 21.2 Å². The van der Waals surface area contributed by atoms with E-state index in [4.69, 9.17) is 0 Å². The van der Waals surface area contributed by atoms with Crippen LogP contribution in [0.4, 0.5) is 4.39 Å². The highest BCUT2D eigenvalue weighted by molar-refractivity contribution is 9.10. The number of fused-ring (bicyclic) bond motifs is 1. The van der Waals surface area contributed by atoms with Crippen LogP contribution in [0.5, 0.6) is 0 Å². The molecular weight excluding hydrogens is 321 g/mol. The molecular formula is C16H21BrFNO. The van der Waals surface area contributed by atoms with Gasteiger partial charge in [-0.05, 0) is 67.7 Å². The predicted molar refractivity (Wildman–Crippen MR) is 81.1 cm³/mol. The number of benzene rings is 1. The van der Waals surface area contributed by atoms with Crippen LogP contribution < -0.4 is 5.32 Å². The molecule has 1 aromatic carbocycles. The van der Waals surface area contributed by atoms with Gasteiger partial charge in [0.15, 0.2) is 0 Å². The van der Waals surface area contributed by atoms with Crippen molar-refractivity contribution in [2.24, 2.45) is 5.92 Å². The van der Waals surface area contributed by atoms with Gasteiger partial charge in [-0.2, -0.15) is 0 Å². The Bertz CT molecular complexity index is 486. The zero-order valence-corrected chi connectivity index (χ0v) is 13.1. The first-order valence-electron chi connectivity index (χ1n) is 7.52. The number of halogens is 2. The third-order valence-electron chi connectivity index (χ3n) is 4.82. The number of rotatable bonds is 3. The minimum atomic E-state index is -0.0727. The summed E-state index contributed by atoms with van der Waals surface area (Å²) in [5.74, 6) is 0.407. The van der Waals surface area contributed by atoms with E-state index in [0.29, 0.717) is 18.6 Å². The van der Waals surface area contributed by atoms with Crippen molar-refractivity contribution in [3.05, 3.63) is 33.5 Å². The summed E-state index contributed by atoms with van der Waals surface area (Å²) < 4.78 is 14.9. The minimum Gasteiger partial charge on any atom is -0.396 e. The zero-order chi connectivity index (χ0) is 14.1. The molecule has 4 heteroatoms. The molecule has 0 aliphatic heterocycles. The first-order valence-corrected chi connectivity index (χ1v) is 8.32. The Morgan fingerprint density at radius 2 is 1.95 bits per heavy atom. The molecule has 3 rings (SSSR count). The average molecular weight is 342 g/mol. The quantitative estimate of drug-likeness (QED) is 0.878. The standard InChI is InChI=1S/C16H21BrFNO/c17-13-6-7-14(18)12-5-8-15(16(12)13)19-11-3-1-10(9-20)2-4-11/h6-7,10-11,15,19-20H,1-5,8-9H2. The molecule has 0 saturated heterocycles. The highest BCUT2D eigenvalue weighted by Gasteiger charge is 2.30. The highest BCUT2D eigenvalue weighted by Crippen LogP contribution is 2.39. The van der Waals surface area contributed by atoms with Gasteiger partial charge in [0, 0.05) is 23.2 Å². The van der Waals surface area contributed by atoms with E-state index in [1.54, 1.807) is 6.07 Å². The van der Waals surface area contributed by atoms with Crippen molar-refractivity contribution >= 4 is 15.9 Å². The lowest BCUT2D eigenvalue weighted by Gasteiger charge is -2.31. The van der Waals surface area contributed by atoms with Gasteiger partial charge in [-0.1, -0.05) is 15.9 Å². The molecule has 0 radical (unpaired) electrons. The maximum absolute atomic E-state index is 13.8. The van der Waals surface area contributed by atoms with Crippen LogP contribution in [0.15, 0.2) is 16.6 Å². The Morgan fingerprint density at radius 1 is 1.20 bits per heavy atom. The molecule has 2 aliphatic carbocycles. The maximum atomic E-state index is 13.8. The van der Waals surface area contributed by atoms with E-state index in [-0.39, 0.29) is 11.9 Å². The van der Waals surface area contributed by atoms with Gasteiger partial charge in [-0.25, -0.2) is 4.39 Å². The summed E-state index contributed by atoms with van der Waals surface area (Å²) in [5, 5.41) is 12.9. The van der Waals surface area contributed by atoms with Gasteiger partial charge in [0.05, 0.1) is 0 Å². The van der Waals surface area contributed by atoms with Crippen molar-refractivity contribution in [1.82, 2.24) is 5.32 Å². The summed E-state index contributed by atoms with van der Waals surface area (Å²) in [4.78, 5) is 0. The molecule has 0 aromatic heterocycles. The Hall–Kier alpha value is -0.450. The van der Waals surface area contributed by atoms with E-state index in [1.165, 1.54) is 0 Å². The van der Waals surface area contributed by atoms with Crippen LogP contribution in [0.2, 0.25) is 0 Å². The van der Waals surface area contributed by atoms with Crippen LogP contribution in [0.25, 0.3) is 0 Å². The molecule has 2 nitrogen and oxygen atoms in total. The topological polar surface area (TPSA) is 32.3 Å². The molecule has 0 bridgehead atoms. The van der Waals surface area contributed by atoms with Crippen LogP contribution in [0.1, 0.15) is 49.3 Å². The van der Waals surface area contributed by atoms with Crippen LogP contribution in [-0.2, 0) is 6.42 Å². The molecule has 110 valence electrons. The first kappa shape index (κ1) is 14.5. The van der Waals surface area contributed by atoms with Crippen LogP contribution in [0.3, 0.4) is 0 Å². The number of aliphatic hydroxyl groups is 1. The fourth-order valence-corrected chi connectivity index (χ4v) is 4.28. The molecule has 0 spiro atoms. The molecule has 1 atom stereocenters. The fraction of sp³-hybridized carbons (Fsp3) is 0.625. The smallest absolute Gasteiger partial charge is 0.126 e. The number of nitrogens with one attached hydrogen (secondary N) is 1. The monoisotopic (exact) mass is 341 g/mol. The lowest BCUT2D eigenvalue weighted by Crippen LogP contribution is -2.36. The van der Waals surface area contributed by atoms with Crippen molar-refractivity contribution in [2.75, 3.05) is 6.61 Å². The molecule has 0 amide bonds. The van der Waals surface area contributed by atoms with Crippen molar-refractivity contribution < 1.29 is 9.50 Å². The van der Waals surface area contributed by atoms with Gasteiger partial charge in [0.1, 0.15) is 5.82 Å². The van der Waals surface area contributed by atoms with Crippen LogP contribution in [-0.4, -0.2) is 17.8 Å². The molecule has 1 aromatic rings. The van der Waals surface area contributed by atoms with Crippen molar-refractivity contribution in [2.45, 2.75) is 50.6 Å². The zero-order valence-electron chi connectivity index (χ0n) is 11.5. The number of aliphatic hydroxyl groups excluding tert-OH is 1. The summed E-state index contributed by atoms with van der Waals surface area (Å²) in [7, 11) is 0. The lowest BCUT2D eigenvalue weighted by molar-refractivity contribution is 0.171. The highest BCUT2D eigenvalue weighted by atomic mass is 79.9. The van der Waals surface area contributed by atoms with Gasteiger partial charge in [-0.3, -0.25) is 0 Å². The van der Waals surface area contributed by atoms with Crippen molar-refractivity contribution in [1.29, 1.82) is 0 Å². The van der Waals surface area contributed by atoms with Crippen molar-refractivity contribution in [3.8, 4) is 0 Å². The first-order chi connectivity index (χ1) is 9.69. The van der Waals surface area contributed by atoms with Crippen LogP contribution in [0, 0.1) is 11.7 Å². The van der Waals surface area contributed by atoms with E-state index in [1.807, 2.05) is 6.07 Å². The van der Waals surface area contributed by atoms with E-state index in [0.717, 1.165) is 54.1 Å². The Morgan fingerprint density at radius 3 is 2.65 bits per heavy atom. The second kappa shape index (κ2) is 6.12. The molecule has 20 heavy (non-hydrogen) atoms. The summed E-state index contributed by atoms with van der Waals surface area (Å²) in [6.07, 6.45) is 6.23. The Balaban J connectivity index is 1.68.